The van der Waals surface area contributed by atoms with Crippen molar-refractivity contribution in [3.63, 3.8) is 0 Å². The van der Waals surface area contributed by atoms with Crippen LogP contribution in [0.3, 0.4) is 0 Å². The Morgan fingerprint density at radius 1 is 0.708 bits per heavy atom. The lowest BCUT2D eigenvalue weighted by molar-refractivity contribution is 0.726. The lowest BCUT2D eigenvalue weighted by Gasteiger charge is -2.36. The average Bonchev–Trinajstić information content (AvgIpc) is 3.35. The van der Waals surface area contributed by atoms with Crippen LogP contribution in [0.15, 0.2) is 54.6 Å². The Labute approximate surface area is 147 Å². The molecule has 1 nitrogen and oxygen atoms in total. The van der Waals surface area contributed by atoms with E-state index < -0.39 is 8.24 Å². The molecule has 0 aliphatic heterocycles. The fourth-order valence-electron chi connectivity index (χ4n) is 5.17. The molecule has 0 saturated heterocycles. The van der Waals surface area contributed by atoms with Gasteiger partial charge in [-0.25, -0.2) is 0 Å². The van der Waals surface area contributed by atoms with Gasteiger partial charge >= 0.3 is 0 Å². The fourth-order valence-corrected chi connectivity index (χ4v) is 9.60. The molecule has 0 bridgehead atoms. The van der Waals surface area contributed by atoms with Gasteiger partial charge in [-0.3, -0.25) is 0 Å². The lowest BCUT2D eigenvalue weighted by Crippen LogP contribution is -2.69. The molecule has 0 spiro atoms. The van der Waals surface area contributed by atoms with Crippen LogP contribution in [0.5, 0.6) is 0 Å². The molecule has 2 saturated carbocycles. The quantitative estimate of drug-likeness (QED) is 0.828. The first-order valence-electron chi connectivity index (χ1n) is 9.74. The molecule has 2 aliphatic rings. The second-order valence-corrected chi connectivity index (χ2v) is 11.5. The van der Waals surface area contributed by atoms with Crippen LogP contribution in [0.1, 0.15) is 62.8 Å². The van der Waals surface area contributed by atoms with Crippen molar-refractivity contribution in [3.05, 3.63) is 60.2 Å². The number of benzene rings is 2. The third-order valence-corrected chi connectivity index (χ3v) is 11.0. The van der Waals surface area contributed by atoms with E-state index in [-0.39, 0.29) is 0 Å². The van der Waals surface area contributed by atoms with E-state index in [4.69, 9.17) is 5.40 Å². The zero-order chi connectivity index (χ0) is 16.4. The van der Waals surface area contributed by atoms with E-state index >= 15 is 0 Å². The zero-order valence-electron chi connectivity index (χ0n) is 14.6. The minimum Gasteiger partial charge on any atom is -0.344 e. The van der Waals surface area contributed by atoms with Gasteiger partial charge in [-0.2, -0.15) is 0 Å². The van der Waals surface area contributed by atoms with Crippen LogP contribution >= 0.6 is 0 Å². The van der Waals surface area contributed by atoms with Gasteiger partial charge in [0.25, 0.3) is 0 Å². The van der Waals surface area contributed by atoms with Crippen molar-refractivity contribution in [1.82, 2.24) is 0 Å². The van der Waals surface area contributed by atoms with Crippen LogP contribution in [0.4, 0.5) is 0 Å². The standard InChI is InChI=1S/C22H29NSi/c23-24(20-14-6-7-15-20,19-12-2-1-3-13-19)22-17-9-8-16-21(22)18-10-4-5-11-18/h1-3,8-9,12-13,16-18,20H,4-7,10-11,14-15,23H2. The van der Waals surface area contributed by atoms with Gasteiger partial charge in [-0.1, -0.05) is 93.1 Å². The summed E-state index contributed by atoms with van der Waals surface area (Å²) in [4.78, 5) is 0. The summed E-state index contributed by atoms with van der Waals surface area (Å²) in [5, 5.41) is 10.4. The molecule has 2 aliphatic carbocycles. The molecule has 0 heterocycles. The van der Waals surface area contributed by atoms with E-state index in [1.54, 1.807) is 5.56 Å². The molecule has 2 N–H and O–H groups in total. The normalized spacial score (nSPS) is 21.9. The van der Waals surface area contributed by atoms with Crippen molar-refractivity contribution in [3.8, 4) is 0 Å². The number of hydrogen-bond acceptors (Lipinski definition) is 1. The molecule has 0 amide bonds. The largest absolute Gasteiger partial charge is 0.344 e. The number of hydrogen-bond donors (Lipinski definition) is 1. The Hall–Kier alpha value is -1.38. The molecular formula is C22H29NSi. The van der Waals surface area contributed by atoms with Crippen molar-refractivity contribution < 1.29 is 0 Å². The van der Waals surface area contributed by atoms with E-state index in [9.17, 15) is 0 Å². The highest BCUT2D eigenvalue weighted by atomic mass is 28.3. The van der Waals surface area contributed by atoms with Gasteiger partial charge in [0.15, 0.2) is 8.24 Å². The van der Waals surface area contributed by atoms with Gasteiger partial charge < -0.3 is 5.40 Å². The topological polar surface area (TPSA) is 26.0 Å². The van der Waals surface area contributed by atoms with Gasteiger partial charge in [0.05, 0.1) is 0 Å². The third kappa shape index (κ3) is 2.76. The molecule has 0 aromatic heterocycles. The molecule has 4 rings (SSSR count). The van der Waals surface area contributed by atoms with Crippen molar-refractivity contribution in [2.45, 2.75) is 62.8 Å². The Morgan fingerprint density at radius 3 is 2.00 bits per heavy atom. The highest BCUT2D eigenvalue weighted by molar-refractivity contribution is 7.01. The minimum atomic E-state index is -2.18. The summed E-state index contributed by atoms with van der Waals surface area (Å²) in [6, 6.07) is 20.3. The molecule has 126 valence electrons. The summed E-state index contributed by atoms with van der Waals surface area (Å²) in [5.41, 5.74) is 2.28. The van der Waals surface area contributed by atoms with E-state index in [1.165, 1.54) is 61.7 Å². The summed E-state index contributed by atoms with van der Waals surface area (Å²) in [6.45, 7) is 0. The summed E-state index contributed by atoms with van der Waals surface area (Å²) in [7, 11) is -2.18. The summed E-state index contributed by atoms with van der Waals surface area (Å²) in [5.74, 6) is 0.738. The number of rotatable bonds is 4. The molecule has 2 fully saturated rings. The summed E-state index contributed by atoms with van der Waals surface area (Å²) < 4.78 is 0. The van der Waals surface area contributed by atoms with E-state index in [2.05, 4.69) is 54.6 Å². The van der Waals surface area contributed by atoms with Crippen LogP contribution in [0.2, 0.25) is 5.54 Å². The molecule has 0 radical (unpaired) electrons. The molecule has 24 heavy (non-hydrogen) atoms. The van der Waals surface area contributed by atoms with Crippen LogP contribution in [-0.2, 0) is 0 Å². The molecular weight excluding hydrogens is 306 g/mol. The van der Waals surface area contributed by atoms with Crippen LogP contribution in [0, 0.1) is 0 Å². The van der Waals surface area contributed by atoms with Gasteiger partial charge in [0.2, 0.25) is 0 Å². The lowest BCUT2D eigenvalue weighted by atomic mass is 9.98. The van der Waals surface area contributed by atoms with Crippen molar-refractivity contribution in [2.24, 2.45) is 5.40 Å². The Morgan fingerprint density at radius 2 is 1.29 bits per heavy atom. The molecule has 2 aromatic rings. The van der Waals surface area contributed by atoms with E-state index in [0.717, 1.165) is 5.92 Å². The minimum absolute atomic E-state index is 0.697. The highest BCUT2D eigenvalue weighted by Gasteiger charge is 2.44. The Bertz CT molecular complexity index is 671. The van der Waals surface area contributed by atoms with Gasteiger partial charge in [-0.05, 0) is 40.2 Å². The van der Waals surface area contributed by atoms with Crippen molar-refractivity contribution >= 4 is 18.6 Å². The monoisotopic (exact) mass is 335 g/mol. The van der Waals surface area contributed by atoms with Gasteiger partial charge in [-0.15, -0.1) is 0 Å². The second kappa shape index (κ2) is 6.85. The first-order chi connectivity index (χ1) is 11.8. The van der Waals surface area contributed by atoms with Crippen LogP contribution < -0.4 is 15.8 Å². The zero-order valence-corrected chi connectivity index (χ0v) is 15.6. The van der Waals surface area contributed by atoms with Crippen molar-refractivity contribution in [2.75, 3.05) is 0 Å². The Balaban J connectivity index is 1.85. The molecule has 2 aromatic carbocycles. The predicted octanol–water partition coefficient (Wildman–Crippen LogP) is 4.31. The van der Waals surface area contributed by atoms with Crippen LogP contribution in [0.25, 0.3) is 0 Å². The maximum atomic E-state index is 7.45. The molecule has 1 unspecified atom stereocenters. The predicted molar refractivity (Wildman–Crippen MR) is 106 cm³/mol. The van der Waals surface area contributed by atoms with Crippen LogP contribution in [-0.4, -0.2) is 8.24 Å². The highest BCUT2D eigenvalue weighted by Crippen LogP contribution is 2.39. The number of nitrogens with two attached hydrogens (primary N) is 1. The first-order valence-corrected chi connectivity index (χ1v) is 11.9. The average molecular weight is 336 g/mol. The first kappa shape index (κ1) is 16.1. The van der Waals surface area contributed by atoms with Gasteiger partial charge in [0, 0.05) is 0 Å². The smallest absolute Gasteiger partial charge is 0.190 e. The summed E-state index contributed by atoms with van der Waals surface area (Å²) in [6.07, 6.45) is 10.8. The molecule has 1 atom stereocenters. The molecule has 2 heteroatoms. The van der Waals surface area contributed by atoms with Crippen molar-refractivity contribution in [1.29, 1.82) is 0 Å². The van der Waals surface area contributed by atoms with E-state index in [1.807, 2.05) is 0 Å². The van der Waals surface area contributed by atoms with E-state index in [0.29, 0.717) is 5.54 Å². The SMILES string of the molecule is N[Si](c1ccccc1)(c1ccccc1C1CCCC1)C1CCCC1. The van der Waals surface area contributed by atoms with Gasteiger partial charge in [0.1, 0.15) is 0 Å². The fraction of sp³-hybridized carbons (Fsp3) is 0.455. The maximum absolute atomic E-state index is 7.45. The summed E-state index contributed by atoms with van der Waals surface area (Å²) >= 11 is 0. The maximum Gasteiger partial charge on any atom is 0.190 e. The second-order valence-electron chi connectivity index (χ2n) is 7.79. The third-order valence-electron chi connectivity index (χ3n) is 6.45. The Kier molecular flexibility index (Phi) is 4.60.